The highest BCUT2D eigenvalue weighted by atomic mass is 35.5. The van der Waals surface area contributed by atoms with Crippen molar-refractivity contribution in [2.45, 2.75) is 39.2 Å². The molecule has 1 atom stereocenters. The van der Waals surface area contributed by atoms with Gasteiger partial charge in [-0.15, -0.1) is 0 Å². The van der Waals surface area contributed by atoms with Crippen molar-refractivity contribution in [3.05, 3.63) is 23.2 Å². The monoisotopic (exact) mass is 335 g/mol. The number of carbonyl (C=O) groups is 1. The van der Waals surface area contributed by atoms with Crippen LogP contribution in [0.3, 0.4) is 0 Å². The fraction of sp³-hybridized carbons (Fsp3) is 0.611. The second kappa shape index (κ2) is 6.60. The molecular weight excluding hydrogens is 310 g/mol. The zero-order valence-corrected chi connectivity index (χ0v) is 14.7. The Hall–Kier alpha value is -1.42. The van der Waals surface area contributed by atoms with Crippen LogP contribution in [0.5, 0.6) is 0 Å². The van der Waals surface area contributed by atoms with E-state index in [-0.39, 0.29) is 0 Å². The van der Waals surface area contributed by atoms with Gasteiger partial charge in [-0.2, -0.15) is 0 Å². The van der Waals surface area contributed by atoms with E-state index >= 15 is 0 Å². The van der Waals surface area contributed by atoms with Crippen LogP contribution in [-0.2, 0) is 4.79 Å². The number of carbonyl (C=O) groups excluding carboxylic acids is 1. The Morgan fingerprint density at radius 2 is 2.13 bits per heavy atom. The summed E-state index contributed by atoms with van der Waals surface area (Å²) >= 11 is 6.21. The average molecular weight is 336 g/mol. The number of nitrogen functional groups attached to an aromatic ring is 1. The largest absolute Gasteiger partial charge is 0.398 e. The zero-order chi connectivity index (χ0) is 16.6. The van der Waals surface area contributed by atoms with E-state index in [1.165, 1.54) is 0 Å². The lowest BCUT2D eigenvalue weighted by Gasteiger charge is -2.33. The Balaban J connectivity index is 1.76. The van der Waals surface area contributed by atoms with Crippen LogP contribution >= 0.6 is 11.6 Å². The first-order valence-electron chi connectivity index (χ1n) is 8.56. The number of nitrogens with two attached hydrogens (primary N) is 1. The van der Waals surface area contributed by atoms with E-state index in [1.807, 2.05) is 18.2 Å². The van der Waals surface area contributed by atoms with Gasteiger partial charge in [0.1, 0.15) is 0 Å². The number of benzene rings is 1. The van der Waals surface area contributed by atoms with E-state index in [0.717, 1.165) is 44.6 Å². The maximum absolute atomic E-state index is 12.3. The van der Waals surface area contributed by atoms with Gasteiger partial charge in [-0.05, 0) is 43.4 Å². The normalized spacial score (nSPS) is 21.0. The Kier molecular flexibility index (Phi) is 4.72. The van der Waals surface area contributed by atoms with Crippen molar-refractivity contribution in [2.24, 2.45) is 11.8 Å². The Morgan fingerprint density at radius 3 is 2.74 bits per heavy atom. The Morgan fingerprint density at radius 1 is 1.39 bits per heavy atom. The number of anilines is 2. The molecule has 2 aliphatic rings. The molecule has 5 heteroatoms. The van der Waals surface area contributed by atoms with Crippen molar-refractivity contribution in [1.29, 1.82) is 0 Å². The highest BCUT2D eigenvalue weighted by molar-refractivity contribution is 6.33. The molecule has 1 saturated heterocycles. The summed E-state index contributed by atoms with van der Waals surface area (Å²) in [5, 5.41) is 0.597. The second-order valence-corrected chi connectivity index (χ2v) is 7.66. The molecule has 0 aromatic heterocycles. The lowest BCUT2D eigenvalue weighted by Crippen LogP contribution is -2.41. The van der Waals surface area contributed by atoms with Crippen LogP contribution in [-0.4, -0.2) is 36.5 Å². The van der Waals surface area contributed by atoms with E-state index in [4.69, 9.17) is 17.3 Å². The number of hydrogen-bond donors (Lipinski definition) is 1. The molecule has 0 radical (unpaired) electrons. The molecule has 0 spiro atoms. The summed E-state index contributed by atoms with van der Waals surface area (Å²) in [5.74, 6) is 1.20. The molecule has 1 heterocycles. The molecule has 126 valence electrons. The Bertz CT molecular complexity index is 586. The van der Waals surface area contributed by atoms with Gasteiger partial charge in [-0.1, -0.05) is 25.4 Å². The quantitative estimate of drug-likeness (QED) is 0.839. The molecule has 1 aromatic rings. The highest BCUT2D eigenvalue weighted by Gasteiger charge is 2.38. The SMILES string of the molecule is CC(C)CN(c1ccc(N)c(Cl)c1)C1CCN(C(=O)C2CC2)C1. The summed E-state index contributed by atoms with van der Waals surface area (Å²) in [5.41, 5.74) is 7.55. The van der Waals surface area contributed by atoms with Crippen molar-refractivity contribution in [3.8, 4) is 0 Å². The number of amides is 1. The smallest absolute Gasteiger partial charge is 0.225 e. The minimum atomic E-state index is 0.304. The molecule has 1 amide bonds. The van der Waals surface area contributed by atoms with Crippen LogP contribution in [0.15, 0.2) is 18.2 Å². The first-order valence-corrected chi connectivity index (χ1v) is 8.94. The highest BCUT2D eigenvalue weighted by Crippen LogP contribution is 2.34. The van der Waals surface area contributed by atoms with Crippen molar-refractivity contribution >= 4 is 28.9 Å². The van der Waals surface area contributed by atoms with Crippen molar-refractivity contribution in [2.75, 3.05) is 30.3 Å². The molecule has 1 aliphatic heterocycles. The molecule has 2 N–H and O–H groups in total. The summed E-state index contributed by atoms with van der Waals surface area (Å²) in [6, 6.07) is 6.21. The van der Waals surface area contributed by atoms with Gasteiger partial charge in [0.25, 0.3) is 0 Å². The molecule has 2 fully saturated rings. The van der Waals surface area contributed by atoms with E-state index < -0.39 is 0 Å². The topological polar surface area (TPSA) is 49.6 Å². The van der Waals surface area contributed by atoms with Gasteiger partial charge in [0, 0.05) is 37.3 Å². The first-order chi connectivity index (χ1) is 11.0. The van der Waals surface area contributed by atoms with Crippen molar-refractivity contribution < 1.29 is 4.79 Å². The third-order valence-corrected chi connectivity index (χ3v) is 5.05. The molecule has 3 rings (SSSR count). The van der Waals surface area contributed by atoms with E-state index in [9.17, 15) is 4.79 Å². The van der Waals surface area contributed by atoms with E-state index in [2.05, 4.69) is 23.6 Å². The van der Waals surface area contributed by atoms with Gasteiger partial charge in [0.15, 0.2) is 0 Å². The fourth-order valence-corrected chi connectivity index (χ4v) is 3.51. The molecule has 1 aromatic carbocycles. The van der Waals surface area contributed by atoms with Gasteiger partial charge in [-0.25, -0.2) is 0 Å². The number of hydrogen-bond acceptors (Lipinski definition) is 3. The third kappa shape index (κ3) is 3.74. The maximum atomic E-state index is 12.3. The minimum Gasteiger partial charge on any atom is -0.398 e. The number of likely N-dealkylation sites (tertiary alicyclic amines) is 1. The van der Waals surface area contributed by atoms with Crippen LogP contribution in [0.2, 0.25) is 5.02 Å². The summed E-state index contributed by atoms with van der Waals surface area (Å²) in [6.07, 6.45) is 3.17. The molecule has 4 nitrogen and oxygen atoms in total. The van der Waals surface area contributed by atoms with Gasteiger partial charge < -0.3 is 15.5 Å². The molecular formula is C18H26ClN3O. The molecule has 1 saturated carbocycles. The van der Waals surface area contributed by atoms with Crippen LogP contribution < -0.4 is 10.6 Å². The lowest BCUT2D eigenvalue weighted by atomic mass is 10.1. The average Bonchev–Trinajstić information content (AvgIpc) is 3.24. The summed E-state index contributed by atoms with van der Waals surface area (Å²) in [4.78, 5) is 16.8. The summed E-state index contributed by atoms with van der Waals surface area (Å²) in [6.45, 7) is 7.08. The van der Waals surface area contributed by atoms with Gasteiger partial charge >= 0.3 is 0 Å². The van der Waals surface area contributed by atoms with Crippen LogP contribution in [0.25, 0.3) is 0 Å². The first kappa shape index (κ1) is 16.4. The molecule has 1 aliphatic carbocycles. The lowest BCUT2D eigenvalue weighted by molar-refractivity contribution is -0.131. The molecule has 0 bridgehead atoms. The van der Waals surface area contributed by atoms with Gasteiger partial charge in [0.05, 0.1) is 10.7 Å². The van der Waals surface area contributed by atoms with Crippen molar-refractivity contribution in [3.63, 3.8) is 0 Å². The summed E-state index contributed by atoms with van der Waals surface area (Å²) < 4.78 is 0. The number of nitrogens with zero attached hydrogens (tertiary/aromatic N) is 2. The van der Waals surface area contributed by atoms with Crippen molar-refractivity contribution in [1.82, 2.24) is 4.90 Å². The van der Waals surface area contributed by atoms with Crippen LogP contribution in [0, 0.1) is 11.8 Å². The zero-order valence-electron chi connectivity index (χ0n) is 14.0. The third-order valence-electron chi connectivity index (χ3n) is 4.72. The standard InChI is InChI=1S/C18H26ClN3O/c1-12(2)10-22(14-5-6-17(20)16(19)9-14)15-7-8-21(11-15)18(23)13-3-4-13/h5-6,9,12-13,15H,3-4,7-8,10-11,20H2,1-2H3. The van der Waals surface area contributed by atoms with E-state index in [1.54, 1.807) is 0 Å². The summed E-state index contributed by atoms with van der Waals surface area (Å²) in [7, 11) is 0. The van der Waals surface area contributed by atoms with Gasteiger partial charge in [0.2, 0.25) is 5.91 Å². The predicted molar refractivity (Wildman–Crippen MR) is 95.8 cm³/mol. The molecule has 1 unspecified atom stereocenters. The predicted octanol–water partition coefficient (Wildman–Crippen LogP) is 3.40. The Labute approximate surface area is 143 Å². The van der Waals surface area contributed by atoms with Gasteiger partial charge in [-0.3, -0.25) is 4.79 Å². The number of rotatable bonds is 5. The fourth-order valence-electron chi connectivity index (χ4n) is 3.34. The second-order valence-electron chi connectivity index (χ2n) is 7.25. The molecule has 23 heavy (non-hydrogen) atoms. The van der Waals surface area contributed by atoms with Crippen LogP contribution in [0.4, 0.5) is 11.4 Å². The minimum absolute atomic E-state index is 0.304. The number of halogens is 1. The van der Waals surface area contributed by atoms with E-state index in [0.29, 0.717) is 34.5 Å². The van der Waals surface area contributed by atoms with Crippen LogP contribution in [0.1, 0.15) is 33.1 Å². The maximum Gasteiger partial charge on any atom is 0.225 e.